The van der Waals surface area contributed by atoms with Gasteiger partial charge in [-0.1, -0.05) is 61.0 Å². The number of anilines is 1. The number of aliphatic hydroxyl groups is 1. The van der Waals surface area contributed by atoms with E-state index in [1.54, 1.807) is 6.92 Å². The fourth-order valence-corrected chi connectivity index (χ4v) is 6.93. The summed E-state index contributed by atoms with van der Waals surface area (Å²) >= 11 is 0. The summed E-state index contributed by atoms with van der Waals surface area (Å²) in [6.07, 6.45) is 6.52. The summed E-state index contributed by atoms with van der Waals surface area (Å²) in [7, 11) is 0. The Hall–Kier alpha value is -3.92. The van der Waals surface area contributed by atoms with E-state index in [9.17, 15) is 9.59 Å². The van der Waals surface area contributed by atoms with Gasteiger partial charge in [0.25, 0.3) is 0 Å². The van der Waals surface area contributed by atoms with Gasteiger partial charge in [0, 0.05) is 70.7 Å². The molecule has 2 atom stereocenters. The minimum absolute atomic E-state index is 0.00784. The molecule has 1 saturated heterocycles. The van der Waals surface area contributed by atoms with E-state index in [1.807, 2.05) is 35.2 Å². The second kappa shape index (κ2) is 20.1. The Bertz CT molecular complexity index is 1470. The predicted molar refractivity (Wildman–Crippen MR) is 196 cm³/mol. The Kier molecular flexibility index (Phi) is 15.0. The van der Waals surface area contributed by atoms with Crippen molar-refractivity contribution >= 4 is 17.5 Å². The summed E-state index contributed by atoms with van der Waals surface area (Å²) in [5.41, 5.74) is 6.03. The number of fused-ring (bicyclic) bond motifs is 1. The highest BCUT2D eigenvalue weighted by atomic mass is 16.5. The lowest BCUT2D eigenvalue weighted by atomic mass is 9.86. The summed E-state index contributed by atoms with van der Waals surface area (Å²) in [5, 5.41) is 12.1. The largest absolute Gasteiger partial charge is 0.494 e. The van der Waals surface area contributed by atoms with Crippen molar-refractivity contribution in [2.24, 2.45) is 0 Å². The van der Waals surface area contributed by atoms with Crippen LogP contribution in [0, 0.1) is 0 Å². The normalized spacial score (nSPS) is 17.3. The second-order valence-electron chi connectivity index (χ2n) is 13.5. The number of aliphatic hydroxyl groups excluding tert-OH is 1. The number of carbonyl (C=O) groups excluding carboxylic acids is 2. The van der Waals surface area contributed by atoms with Crippen molar-refractivity contribution in [3.05, 3.63) is 95.1 Å². The maximum Gasteiger partial charge on any atom is 0.222 e. The van der Waals surface area contributed by atoms with Crippen molar-refractivity contribution in [2.75, 3.05) is 57.4 Å². The first-order chi connectivity index (χ1) is 24.5. The van der Waals surface area contributed by atoms with Crippen LogP contribution < -0.4 is 15.0 Å². The first-order valence-electron chi connectivity index (χ1n) is 18.5. The fourth-order valence-electron chi connectivity index (χ4n) is 6.93. The van der Waals surface area contributed by atoms with Gasteiger partial charge in [0.1, 0.15) is 5.75 Å². The minimum atomic E-state index is -0.148. The van der Waals surface area contributed by atoms with E-state index in [0.717, 1.165) is 69.3 Å². The minimum Gasteiger partial charge on any atom is -0.494 e. The van der Waals surface area contributed by atoms with Crippen LogP contribution >= 0.6 is 0 Å². The SMILES string of the molecule is CC(=O)NCCN1CCCc2ccc(COC3CN(C(=O)CCCCCO)CCC3c3ccc(OCCCOCc4ccccc4)cc3)cc21. The van der Waals surface area contributed by atoms with E-state index in [-0.39, 0.29) is 30.4 Å². The summed E-state index contributed by atoms with van der Waals surface area (Å²) < 4.78 is 18.5. The fraction of sp³-hybridized carbons (Fsp3) is 0.512. The van der Waals surface area contributed by atoms with Crippen molar-refractivity contribution in [3.8, 4) is 5.75 Å². The van der Waals surface area contributed by atoms with Gasteiger partial charge in [-0.2, -0.15) is 0 Å². The van der Waals surface area contributed by atoms with E-state index >= 15 is 0 Å². The van der Waals surface area contributed by atoms with Crippen LogP contribution in [-0.4, -0.2) is 80.5 Å². The van der Waals surface area contributed by atoms with Crippen molar-refractivity contribution < 1.29 is 28.9 Å². The zero-order valence-corrected chi connectivity index (χ0v) is 29.7. The molecule has 0 radical (unpaired) electrons. The van der Waals surface area contributed by atoms with Crippen molar-refractivity contribution in [1.82, 2.24) is 10.2 Å². The zero-order valence-electron chi connectivity index (χ0n) is 29.7. The molecule has 2 amide bonds. The van der Waals surface area contributed by atoms with Gasteiger partial charge in [-0.3, -0.25) is 9.59 Å². The molecular weight excluding hydrogens is 630 g/mol. The molecule has 0 spiro atoms. The van der Waals surface area contributed by atoms with Crippen molar-refractivity contribution in [3.63, 3.8) is 0 Å². The number of carbonyl (C=O) groups is 2. The molecule has 0 saturated carbocycles. The number of benzene rings is 3. The number of nitrogens with zero attached hydrogens (tertiary/aromatic N) is 2. The molecule has 3 aromatic rings. The summed E-state index contributed by atoms with van der Waals surface area (Å²) in [6.45, 7) is 7.64. The lowest BCUT2D eigenvalue weighted by molar-refractivity contribution is -0.136. The van der Waals surface area contributed by atoms with Crippen LogP contribution in [0.25, 0.3) is 0 Å². The van der Waals surface area contributed by atoms with Gasteiger partial charge in [-0.05, 0) is 72.6 Å². The van der Waals surface area contributed by atoms with Crippen molar-refractivity contribution in [2.45, 2.75) is 83.5 Å². The molecular formula is C41H55N3O6. The monoisotopic (exact) mass is 685 g/mol. The van der Waals surface area contributed by atoms with Gasteiger partial charge in [0.05, 0.1) is 32.5 Å². The maximum absolute atomic E-state index is 13.2. The van der Waals surface area contributed by atoms with Gasteiger partial charge in [0.15, 0.2) is 0 Å². The third kappa shape index (κ3) is 11.6. The molecule has 2 heterocycles. The molecule has 2 unspecified atom stereocenters. The van der Waals surface area contributed by atoms with Gasteiger partial charge >= 0.3 is 0 Å². The Morgan fingerprint density at radius 1 is 0.900 bits per heavy atom. The Morgan fingerprint density at radius 3 is 2.54 bits per heavy atom. The standard InChI is InChI=1S/C41H55N3O6/c1-32(46)42-21-24-43-22-8-12-36-15-14-34(28-39(36)43)31-50-40-29-44(41(47)13-6-3-7-25-45)23-20-38(40)35-16-18-37(19-17-35)49-27-9-26-48-30-33-10-4-2-5-11-33/h2,4-5,10-11,14-19,28,38,40,45H,3,6-9,12-13,20-27,29-31H2,1H3,(H,42,46). The summed E-state index contributed by atoms with van der Waals surface area (Å²) in [4.78, 5) is 28.9. The number of unbranched alkanes of at least 4 members (excludes halogenated alkanes) is 2. The molecule has 2 N–H and O–H groups in total. The van der Waals surface area contributed by atoms with Crippen LogP contribution in [0.3, 0.4) is 0 Å². The van der Waals surface area contributed by atoms with Gasteiger partial charge in [-0.15, -0.1) is 0 Å². The number of nitrogens with one attached hydrogen (secondary N) is 1. The molecule has 5 rings (SSSR count). The van der Waals surface area contributed by atoms with Crippen LogP contribution in [0.5, 0.6) is 5.75 Å². The average molecular weight is 686 g/mol. The molecule has 9 nitrogen and oxygen atoms in total. The number of likely N-dealkylation sites (tertiary alicyclic amines) is 1. The maximum atomic E-state index is 13.2. The summed E-state index contributed by atoms with van der Waals surface area (Å²) in [6, 6.07) is 25.2. The highest BCUT2D eigenvalue weighted by Gasteiger charge is 2.33. The summed E-state index contributed by atoms with van der Waals surface area (Å²) in [5.74, 6) is 1.14. The smallest absolute Gasteiger partial charge is 0.222 e. The molecule has 3 aromatic carbocycles. The predicted octanol–water partition coefficient (Wildman–Crippen LogP) is 6.02. The van der Waals surface area contributed by atoms with E-state index < -0.39 is 0 Å². The quantitative estimate of drug-likeness (QED) is 0.149. The van der Waals surface area contributed by atoms with Crippen LogP contribution in [0.1, 0.15) is 80.0 Å². The van der Waals surface area contributed by atoms with Crippen LogP contribution in [0.4, 0.5) is 5.69 Å². The van der Waals surface area contributed by atoms with Crippen molar-refractivity contribution in [1.29, 1.82) is 0 Å². The Morgan fingerprint density at radius 2 is 1.74 bits per heavy atom. The Balaban J connectivity index is 1.18. The van der Waals surface area contributed by atoms with E-state index in [0.29, 0.717) is 52.5 Å². The highest BCUT2D eigenvalue weighted by Crippen LogP contribution is 2.34. The molecule has 50 heavy (non-hydrogen) atoms. The third-order valence-corrected chi connectivity index (χ3v) is 9.67. The molecule has 0 aromatic heterocycles. The number of rotatable bonds is 19. The number of aryl methyl sites for hydroxylation is 1. The molecule has 0 aliphatic carbocycles. The molecule has 2 aliphatic rings. The molecule has 9 heteroatoms. The molecule has 1 fully saturated rings. The second-order valence-corrected chi connectivity index (χ2v) is 13.5. The van der Waals surface area contributed by atoms with Crippen LogP contribution in [-0.2, 0) is 38.7 Å². The van der Waals surface area contributed by atoms with Crippen LogP contribution in [0.15, 0.2) is 72.8 Å². The molecule has 0 bridgehead atoms. The van der Waals surface area contributed by atoms with Gasteiger partial charge in [0.2, 0.25) is 11.8 Å². The third-order valence-electron chi connectivity index (χ3n) is 9.67. The molecule has 2 aliphatic heterocycles. The average Bonchev–Trinajstić information content (AvgIpc) is 3.14. The van der Waals surface area contributed by atoms with E-state index in [1.165, 1.54) is 22.4 Å². The topological polar surface area (TPSA) is 101 Å². The number of piperidine rings is 1. The number of amides is 2. The lowest BCUT2D eigenvalue weighted by Crippen LogP contribution is -2.46. The first kappa shape index (κ1) is 37.3. The highest BCUT2D eigenvalue weighted by molar-refractivity contribution is 5.76. The van der Waals surface area contributed by atoms with Gasteiger partial charge < -0.3 is 34.4 Å². The Labute approximate surface area is 297 Å². The number of hydrogen-bond donors (Lipinski definition) is 2. The number of hydrogen-bond acceptors (Lipinski definition) is 7. The lowest BCUT2D eigenvalue weighted by Gasteiger charge is -2.39. The molecule has 270 valence electrons. The number of ether oxygens (including phenoxy) is 3. The van der Waals surface area contributed by atoms with Gasteiger partial charge in [-0.25, -0.2) is 0 Å². The van der Waals surface area contributed by atoms with Crippen LogP contribution in [0.2, 0.25) is 0 Å². The zero-order chi connectivity index (χ0) is 35.0. The van der Waals surface area contributed by atoms with E-state index in [2.05, 4.69) is 52.7 Å². The van der Waals surface area contributed by atoms with E-state index in [4.69, 9.17) is 19.3 Å². The first-order valence-corrected chi connectivity index (χ1v) is 18.5.